The maximum Gasteiger partial charge on any atom is 0.246 e. The number of piperazine rings is 1. The fraction of sp³-hybridized carbons (Fsp3) is 0.455. The maximum atomic E-state index is 12.6. The lowest BCUT2D eigenvalue weighted by Gasteiger charge is -2.36. The number of allylic oxidation sites excluding steroid dienone is 2. The van der Waals surface area contributed by atoms with E-state index in [2.05, 4.69) is 18.3 Å². The molecule has 1 amide bonds. The van der Waals surface area contributed by atoms with Gasteiger partial charge in [0.1, 0.15) is 0 Å². The molecular weight excluding hydrogens is 358 g/mol. The lowest BCUT2D eigenvalue weighted by Crippen LogP contribution is -2.53. The van der Waals surface area contributed by atoms with Crippen molar-refractivity contribution in [3.63, 3.8) is 0 Å². The third kappa shape index (κ3) is 6.86. The van der Waals surface area contributed by atoms with E-state index in [-0.39, 0.29) is 17.3 Å². The van der Waals surface area contributed by atoms with Gasteiger partial charge in [0.15, 0.2) is 0 Å². The van der Waals surface area contributed by atoms with Gasteiger partial charge in [-0.1, -0.05) is 43.4 Å². The monoisotopic (exact) mass is 385 g/mol. The van der Waals surface area contributed by atoms with E-state index in [0.29, 0.717) is 5.56 Å². The first-order chi connectivity index (χ1) is 13.2. The van der Waals surface area contributed by atoms with Crippen molar-refractivity contribution in [2.24, 2.45) is 0 Å². The summed E-state index contributed by atoms with van der Waals surface area (Å²) >= 11 is 6.20. The molecule has 0 saturated carbocycles. The van der Waals surface area contributed by atoms with Crippen LogP contribution in [0.3, 0.4) is 0 Å². The average Bonchev–Trinajstić information content (AvgIpc) is 2.71. The van der Waals surface area contributed by atoms with Gasteiger partial charge in [-0.3, -0.25) is 4.79 Å². The molecule has 1 aliphatic rings. The van der Waals surface area contributed by atoms with Gasteiger partial charge in [0.25, 0.3) is 0 Å². The minimum absolute atomic E-state index is 0.0395. The van der Waals surface area contributed by atoms with E-state index in [0.717, 1.165) is 50.9 Å². The van der Waals surface area contributed by atoms with Crippen molar-refractivity contribution < 1.29 is 4.79 Å². The van der Waals surface area contributed by atoms with Crippen LogP contribution in [0, 0.1) is 11.3 Å². The van der Waals surface area contributed by atoms with Gasteiger partial charge in [0.05, 0.1) is 11.6 Å². The molecule has 144 valence electrons. The highest BCUT2D eigenvalue weighted by molar-refractivity contribution is 6.20. The molecule has 1 saturated heterocycles. The molecular formula is C22H28ClN3O. The summed E-state index contributed by atoms with van der Waals surface area (Å²) in [5.74, 6) is 0.0395. The van der Waals surface area contributed by atoms with Crippen molar-refractivity contribution >= 4 is 23.6 Å². The van der Waals surface area contributed by atoms with Crippen LogP contribution in [0.25, 0.3) is 6.08 Å². The summed E-state index contributed by atoms with van der Waals surface area (Å²) in [5, 5.41) is 12.7. The van der Waals surface area contributed by atoms with Gasteiger partial charge in [-0.25, -0.2) is 0 Å². The van der Waals surface area contributed by atoms with Gasteiger partial charge in [-0.2, -0.15) is 5.26 Å². The molecule has 1 N–H and O–H groups in total. The van der Waals surface area contributed by atoms with Crippen LogP contribution in [0.2, 0.25) is 0 Å². The molecule has 2 rings (SSSR count). The van der Waals surface area contributed by atoms with Crippen LogP contribution in [0.15, 0.2) is 42.5 Å². The first-order valence-corrected chi connectivity index (χ1v) is 10.1. The average molecular weight is 386 g/mol. The van der Waals surface area contributed by atoms with Crippen LogP contribution in [-0.2, 0) is 4.79 Å². The zero-order valence-electron chi connectivity index (χ0n) is 15.9. The lowest BCUT2D eigenvalue weighted by atomic mass is 10.0. The third-order valence-corrected chi connectivity index (χ3v) is 5.36. The summed E-state index contributed by atoms with van der Waals surface area (Å²) in [6.07, 6.45) is 11.0. The fourth-order valence-electron chi connectivity index (χ4n) is 3.23. The molecule has 2 unspecified atom stereocenters. The van der Waals surface area contributed by atoms with Crippen LogP contribution in [0.1, 0.15) is 43.7 Å². The highest BCUT2D eigenvalue weighted by atomic mass is 35.5. The number of hydrogen-bond acceptors (Lipinski definition) is 3. The Labute approximate surface area is 167 Å². The molecule has 0 aromatic heterocycles. The number of nitriles is 1. The zero-order valence-corrected chi connectivity index (χ0v) is 16.7. The first kappa shape index (κ1) is 21.2. The Morgan fingerprint density at radius 1 is 1.44 bits per heavy atom. The summed E-state index contributed by atoms with van der Waals surface area (Å²) in [6, 6.07) is 9.79. The molecule has 1 heterocycles. The van der Waals surface area contributed by atoms with Crippen LogP contribution in [0.4, 0.5) is 0 Å². The Kier molecular flexibility index (Phi) is 9.10. The van der Waals surface area contributed by atoms with Crippen molar-refractivity contribution in [2.75, 3.05) is 19.6 Å². The minimum Gasteiger partial charge on any atom is -0.334 e. The van der Waals surface area contributed by atoms with E-state index >= 15 is 0 Å². The predicted octanol–water partition coefficient (Wildman–Crippen LogP) is 4.12. The number of nitrogens with one attached hydrogen (secondary N) is 1. The number of amides is 1. The molecule has 5 heteroatoms. The van der Waals surface area contributed by atoms with E-state index in [1.54, 1.807) is 18.2 Å². The second kappa shape index (κ2) is 11.6. The Balaban J connectivity index is 1.91. The van der Waals surface area contributed by atoms with Crippen molar-refractivity contribution in [3.05, 3.63) is 53.6 Å². The van der Waals surface area contributed by atoms with E-state index in [9.17, 15) is 4.79 Å². The highest BCUT2D eigenvalue weighted by Gasteiger charge is 2.24. The second-order valence-corrected chi connectivity index (χ2v) is 7.36. The normalized spacial score (nSPS) is 18.7. The summed E-state index contributed by atoms with van der Waals surface area (Å²) in [5.41, 5.74) is 1.48. The SMILES string of the molecule is CCC(Cl)CCCC1CNCCN1C(=O)C=CC=Cc1ccccc1C#N. The fourth-order valence-corrected chi connectivity index (χ4v) is 3.38. The van der Waals surface area contributed by atoms with Crippen molar-refractivity contribution in [2.45, 2.75) is 44.0 Å². The number of benzene rings is 1. The smallest absolute Gasteiger partial charge is 0.246 e. The summed E-state index contributed by atoms with van der Waals surface area (Å²) < 4.78 is 0. The Bertz CT molecular complexity index is 708. The minimum atomic E-state index is 0.0395. The Hall–Kier alpha value is -2.09. The van der Waals surface area contributed by atoms with Gasteiger partial charge in [0.2, 0.25) is 5.91 Å². The molecule has 0 aliphatic carbocycles. The van der Waals surface area contributed by atoms with Crippen molar-refractivity contribution in [3.8, 4) is 6.07 Å². The molecule has 1 fully saturated rings. The van der Waals surface area contributed by atoms with E-state index in [1.165, 1.54) is 0 Å². The van der Waals surface area contributed by atoms with Crippen molar-refractivity contribution in [1.29, 1.82) is 5.26 Å². The Morgan fingerprint density at radius 2 is 2.26 bits per heavy atom. The molecule has 1 aromatic carbocycles. The van der Waals surface area contributed by atoms with Gasteiger partial charge in [-0.15, -0.1) is 11.6 Å². The number of alkyl halides is 1. The second-order valence-electron chi connectivity index (χ2n) is 6.74. The zero-order chi connectivity index (χ0) is 19.5. The molecule has 0 spiro atoms. The first-order valence-electron chi connectivity index (χ1n) is 9.65. The molecule has 0 radical (unpaired) electrons. The predicted molar refractivity (Wildman–Crippen MR) is 111 cm³/mol. The summed E-state index contributed by atoms with van der Waals surface area (Å²) in [7, 11) is 0. The Morgan fingerprint density at radius 3 is 3.04 bits per heavy atom. The molecule has 1 aromatic rings. The number of carbonyl (C=O) groups is 1. The number of rotatable bonds is 8. The van der Waals surface area contributed by atoms with Gasteiger partial charge >= 0.3 is 0 Å². The van der Waals surface area contributed by atoms with E-state index in [1.807, 2.05) is 35.3 Å². The number of carbonyl (C=O) groups excluding carboxylic acids is 1. The van der Waals surface area contributed by atoms with Gasteiger partial charge < -0.3 is 10.2 Å². The van der Waals surface area contributed by atoms with Crippen LogP contribution in [-0.4, -0.2) is 41.9 Å². The maximum absolute atomic E-state index is 12.6. The summed E-state index contributed by atoms with van der Waals surface area (Å²) in [6.45, 7) is 4.49. The molecule has 0 bridgehead atoms. The standard InChI is InChI=1S/C22H28ClN3O/c1-2-20(23)11-7-12-21-17-25-14-15-26(21)22(27)13-6-5-9-18-8-3-4-10-19(18)16-24/h3-6,8-10,13,20-21,25H,2,7,11-12,14-15,17H2,1H3. The third-order valence-electron chi connectivity index (χ3n) is 4.84. The number of nitrogens with zero attached hydrogens (tertiary/aromatic N) is 2. The molecule has 4 nitrogen and oxygen atoms in total. The van der Waals surface area contributed by atoms with E-state index < -0.39 is 0 Å². The van der Waals surface area contributed by atoms with Crippen LogP contribution < -0.4 is 5.32 Å². The molecule has 2 atom stereocenters. The largest absolute Gasteiger partial charge is 0.334 e. The quantitative estimate of drug-likeness (QED) is 0.416. The molecule has 27 heavy (non-hydrogen) atoms. The van der Waals surface area contributed by atoms with Crippen LogP contribution >= 0.6 is 11.6 Å². The summed E-state index contributed by atoms with van der Waals surface area (Å²) in [4.78, 5) is 14.6. The van der Waals surface area contributed by atoms with Gasteiger partial charge in [-0.05, 0) is 37.3 Å². The molecule has 1 aliphatic heterocycles. The van der Waals surface area contributed by atoms with Crippen LogP contribution in [0.5, 0.6) is 0 Å². The highest BCUT2D eigenvalue weighted by Crippen LogP contribution is 2.16. The lowest BCUT2D eigenvalue weighted by molar-refractivity contribution is -0.129. The number of hydrogen-bond donors (Lipinski definition) is 1. The van der Waals surface area contributed by atoms with E-state index in [4.69, 9.17) is 16.9 Å². The number of halogens is 1. The topological polar surface area (TPSA) is 56.1 Å². The van der Waals surface area contributed by atoms with Gasteiger partial charge in [0, 0.05) is 37.1 Å². The van der Waals surface area contributed by atoms with Crippen molar-refractivity contribution in [1.82, 2.24) is 10.2 Å².